The van der Waals surface area contributed by atoms with Gasteiger partial charge in [0.1, 0.15) is 5.60 Å². The van der Waals surface area contributed by atoms with E-state index in [-0.39, 0.29) is 19.0 Å². The van der Waals surface area contributed by atoms with E-state index in [0.29, 0.717) is 12.2 Å². The van der Waals surface area contributed by atoms with Crippen molar-refractivity contribution in [1.29, 1.82) is 0 Å². The average molecular weight is 438 g/mol. The summed E-state index contributed by atoms with van der Waals surface area (Å²) in [6, 6.07) is 7.63. The van der Waals surface area contributed by atoms with Gasteiger partial charge in [-0.3, -0.25) is 0 Å². The number of nitrogens with one attached hydrogen (secondary N) is 1. The Hall–Kier alpha value is -2.35. The van der Waals surface area contributed by atoms with Gasteiger partial charge in [-0.25, -0.2) is 14.6 Å². The summed E-state index contributed by atoms with van der Waals surface area (Å²) in [5.74, 6) is -0.307. The molecule has 8 heteroatoms. The minimum absolute atomic E-state index is 0.195. The van der Waals surface area contributed by atoms with E-state index in [0.717, 1.165) is 10.0 Å². The molecule has 2 rings (SSSR count). The van der Waals surface area contributed by atoms with Crippen LogP contribution in [0.5, 0.6) is 0 Å². The molecule has 1 amide bonds. The number of carbonyl (C=O) groups excluding carboxylic acids is 2. The van der Waals surface area contributed by atoms with Gasteiger partial charge in [-0.05, 0) is 39.8 Å². The topological polar surface area (TPSA) is 82.5 Å². The van der Waals surface area contributed by atoms with Gasteiger partial charge in [0.2, 0.25) is 5.82 Å². The molecule has 0 aliphatic rings. The Kier molecular flexibility index (Phi) is 7.01. The van der Waals surface area contributed by atoms with Crippen LogP contribution in [0.2, 0.25) is 0 Å². The zero-order valence-corrected chi connectivity index (χ0v) is 17.5. The summed E-state index contributed by atoms with van der Waals surface area (Å²) in [5.41, 5.74) is 0.967. The fraction of sp³-hybridized carbons (Fsp3) is 0.421. The number of imidazole rings is 1. The highest BCUT2D eigenvalue weighted by Crippen LogP contribution is 2.21. The number of amides is 1. The third kappa shape index (κ3) is 6.39. The van der Waals surface area contributed by atoms with Gasteiger partial charge in [0.25, 0.3) is 0 Å². The van der Waals surface area contributed by atoms with Crippen LogP contribution in [-0.2, 0) is 16.0 Å². The fourth-order valence-corrected chi connectivity index (χ4v) is 2.56. The van der Waals surface area contributed by atoms with Crippen LogP contribution in [0.15, 0.2) is 34.9 Å². The number of carbonyl (C=O) groups is 2. The first-order valence-electron chi connectivity index (χ1n) is 8.66. The zero-order chi connectivity index (χ0) is 20.0. The molecule has 7 nitrogen and oxygen atoms in total. The number of esters is 1. The number of benzene rings is 1. The van der Waals surface area contributed by atoms with E-state index in [1.165, 1.54) is 0 Å². The summed E-state index contributed by atoms with van der Waals surface area (Å²) in [6.45, 7) is 8.04. The molecule has 0 saturated carbocycles. The molecular weight excluding hydrogens is 414 g/mol. The molecule has 0 unspecified atom stereocenters. The van der Waals surface area contributed by atoms with Gasteiger partial charge < -0.3 is 19.4 Å². The van der Waals surface area contributed by atoms with Crippen molar-refractivity contribution in [1.82, 2.24) is 14.9 Å². The van der Waals surface area contributed by atoms with E-state index in [4.69, 9.17) is 9.47 Å². The Bertz CT molecular complexity index is 794. The maximum atomic E-state index is 12.2. The average Bonchev–Trinajstić information content (AvgIpc) is 2.98. The van der Waals surface area contributed by atoms with Gasteiger partial charge in [-0.15, -0.1) is 0 Å². The first kappa shape index (κ1) is 21.0. The van der Waals surface area contributed by atoms with Crippen LogP contribution in [-0.4, -0.2) is 40.4 Å². The van der Waals surface area contributed by atoms with Gasteiger partial charge in [0.05, 0.1) is 12.3 Å². The Labute approximate surface area is 167 Å². The third-order valence-electron chi connectivity index (χ3n) is 3.40. The molecule has 2 aromatic rings. The van der Waals surface area contributed by atoms with E-state index in [1.807, 2.05) is 24.3 Å². The molecule has 0 radical (unpaired) electrons. The quantitative estimate of drug-likeness (QED) is 0.690. The molecule has 0 aliphatic heterocycles. The van der Waals surface area contributed by atoms with Crippen molar-refractivity contribution in [3.05, 3.63) is 40.8 Å². The molecule has 1 heterocycles. The molecule has 1 aromatic heterocycles. The van der Waals surface area contributed by atoms with Crippen LogP contribution >= 0.6 is 15.9 Å². The molecule has 27 heavy (non-hydrogen) atoms. The molecule has 0 atom stereocenters. The summed E-state index contributed by atoms with van der Waals surface area (Å²) < 4.78 is 12.9. The minimum Gasteiger partial charge on any atom is -0.460 e. The Morgan fingerprint density at radius 3 is 2.48 bits per heavy atom. The van der Waals surface area contributed by atoms with Crippen LogP contribution in [0.1, 0.15) is 38.3 Å². The predicted molar refractivity (Wildman–Crippen MR) is 106 cm³/mol. The lowest BCUT2D eigenvalue weighted by Gasteiger charge is -2.19. The highest BCUT2D eigenvalue weighted by molar-refractivity contribution is 9.10. The smallest absolute Gasteiger partial charge is 0.407 e. The van der Waals surface area contributed by atoms with Gasteiger partial charge in [0, 0.05) is 29.3 Å². The molecule has 1 N–H and O–H groups in total. The standard InChI is InChI=1S/C19H24BrN3O4/c1-5-26-17(24)16-22-15(13-6-8-14(20)9-7-13)12-23(16)11-10-21-18(25)27-19(2,3)4/h6-9,12H,5,10-11H2,1-4H3,(H,21,25). The van der Waals surface area contributed by atoms with E-state index in [1.54, 1.807) is 38.5 Å². The molecule has 146 valence electrons. The number of alkyl carbamates (subject to hydrolysis) is 1. The Morgan fingerprint density at radius 1 is 1.22 bits per heavy atom. The summed E-state index contributed by atoms with van der Waals surface area (Å²) in [7, 11) is 0. The van der Waals surface area contributed by atoms with Gasteiger partial charge >= 0.3 is 12.1 Å². The van der Waals surface area contributed by atoms with Crippen molar-refractivity contribution in [3.8, 4) is 11.3 Å². The third-order valence-corrected chi connectivity index (χ3v) is 3.92. The van der Waals surface area contributed by atoms with Crippen molar-refractivity contribution in [2.24, 2.45) is 0 Å². The van der Waals surface area contributed by atoms with E-state index in [9.17, 15) is 9.59 Å². The van der Waals surface area contributed by atoms with Crippen molar-refractivity contribution < 1.29 is 19.1 Å². The summed E-state index contributed by atoms with van der Waals surface area (Å²) in [4.78, 5) is 28.4. The van der Waals surface area contributed by atoms with Crippen LogP contribution < -0.4 is 5.32 Å². The molecule has 0 aliphatic carbocycles. The number of rotatable bonds is 6. The number of hydrogen-bond acceptors (Lipinski definition) is 5. The fourth-order valence-electron chi connectivity index (χ4n) is 2.30. The monoisotopic (exact) mass is 437 g/mol. The second-order valence-corrected chi connectivity index (χ2v) is 7.71. The number of ether oxygens (including phenoxy) is 2. The largest absolute Gasteiger partial charge is 0.460 e. The minimum atomic E-state index is -0.566. The number of aromatic nitrogens is 2. The van der Waals surface area contributed by atoms with Crippen molar-refractivity contribution >= 4 is 28.0 Å². The summed E-state index contributed by atoms with van der Waals surface area (Å²) in [5, 5.41) is 2.67. The van der Waals surface area contributed by atoms with Crippen molar-refractivity contribution in [2.45, 2.75) is 39.8 Å². The Balaban J connectivity index is 2.14. The number of halogens is 1. The SMILES string of the molecule is CCOC(=O)c1nc(-c2ccc(Br)cc2)cn1CCNC(=O)OC(C)(C)C. The van der Waals surface area contributed by atoms with Gasteiger partial charge in [-0.1, -0.05) is 28.1 Å². The normalized spacial score (nSPS) is 11.1. The first-order valence-corrected chi connectivity index (χ1v) is 9.46. The maximum absolute atomic E-state index is 12.2. The lowest BCUT2D eigenvalue weighted by Crippen LogP contribution is -2.34. The lowest BCUT2D eigenvalue weighted by atomic mass is 10.2. The van der Waals surface area contributed by atoms with E-state index >= 15 is 0 Å². The van der Waals surface area contributed by atoms with Crippen molar-refractivity contribution in [3.63, 3.8) is 0 Å². The van der Waals surface area contributed by atoms with E-state index < -0.39 is 17.7 Å². The molecule has 0 fully saturated rings. The first-order chi connectivity index (χ1) is 12.7. The van der Waals surface area contributed by atoms with Crippen LogP contribution in [0, 0.1) is 0 Å². The van der Waals surface area contributed by atoms with Gasteiger partial charge in [0.15, 0.2) is 0 Å². The molecule has 0 spiro atoms. The zero-order valence-electron chi connectivity index (χ0n) is 15.9. The lowest BCUT2D eigenvalue weighted by molar-refractivity contribution is 0.0506. The second-order valence-electron chi connectivity index (χ2n) is 6.80. The van der Waals surface area contributed by atoms with E-state index in [2.05, 4.69) is 26.2 Å². The number of hydrogen-bond donors (Lipinski definition) is 1. The molecule has 1 aromatic carbocycles. The van der Waals surface area contributed by atoms with Crippen LogP contribution in [0.4, 0.5) is 4.79 Å². The highest BCUT2D eigenvalue weighted by Gasteiger charge is 2.19. The maximum Gasteiger partial charge on any atom is 0.407 e. The molecule has 0 saturated heterocycles. The van der Waals surface area contributed by atoms with Gasteiger partial charge in [-0.2, -0.15) is 0 Å². The predicted octanol–water partition coefficient (Wildman–Crippen LogP) is 4.01. The van der Waals surface area contributed by atoms with Crippen molar-refractivity contribution in [2.75, 3.05) is 13.2 Å². The summed E-state index contributed by atoms with van der Waals surface area (Å²) in [6.07, 6.45) is 1.26. The molecule has 0 bridgehead atoms. The van der Waals surface area contributed by atoms with Crippen LogP contribution in [0.25, 0.3) is 11.3 Å². The summed E-state index contributed by atoms with van der Waals surface area (Å²) >= 11 is 3.40. The number of nitrogens with zero attached hydrogens (tertiary/aromatic N) is 2. The highest BCUT2D eigenvalue weighted by atomic mass is 79.9. The Morgan fingerprint density at radius 2 is 1.89 bits per heavy atom. The second kappa shape index (κ2) is 9.03. The van der Waals surface area contributed by atoms with Crippen LogP contribution in [0.3, 0.4) is 0 Å². The molecular formula is C19H24BrN3O4.